The Kier molecular flexibility index (Phi) is 4.77. The van der Waals surface area contributed by atoms with Gasteiger partial charge in [0.1, 0.15) is 11.6 Å². The van der Waals surface area contributed by atoms with Crippen molar-refractivity contribution in [1.29, 1.82) is 0 Å². The number of halogens is 2. The Morgan fingerprint density at radius 2 is 2.05 bits per heavy atom. The second kappa shape index (κ2) is 6.37. The summed E-state index contributed by atoms with van der Waals surface area (Å²) in [5.74, 6) is 0.716. The van der Waals surface area contributed by atoms with Gasteiger partial charge in [-0.2, -0.15) is 0 Å². The molecule has 2 aromatic rings. The number of methoxy groups -OCH3 is 1. The van der Waals surface area contributed by atoms with Gasteiger partial charge in [-0.15, -0.1) is 0 Å². The minimum absolute atomic E-state index is 0.276. The number of amides is 1. The SMILES string of the molecule is COc1c(Br)cc(Br)cc1C(=O)Nc1cccc(C)n1. The molecule has 4 nitrogen and oxygen atoms in total. The van der Waals surface area contributed by atoms with Crippen LogP contribution in [0.2, 0.25) is 0 Å². The number of rotatable bonds is 3. The molecule has 104 valence electrons. The number of benzene rings is 1. The number of aryl methyl sites for hydroxylation is 1. The van der Waals surface area contributed by atoms with E-state index in [2.05, 4.69) is 42.2 Å². The molecule has 0 unspecified atom stereocenters. The van der Waals surface area contributed by atoms with Gasteiger partial charge in [-0.1, -0.05) is 22.0 Å². The highest BCUT2D eigenvalue weighted by Gasteiger charge is 2.16. The molecule has 0 radical (unpaired) electrons. The van der Waals surface area contributed by atoms with Crippen LogP contribution in [0.4, 0.5) is 5.82 Å². The first kappa shape index (κ1) is 15.0. The van der Waals surface area contributed by atoms with Crippen molar-refractivity contribution in [1.82, 2.24) is 4.98 Å². The Morgan fingerprint density at radius 1 is 1.30 bits per heavy atom. The van der Waals surface area contributed by atoms with Gasteiger partial charge in [-0.3, -0.25) is 4.79 Å². The summed E-state index contributed by atoms with van der Waals surface area (Å²) in [6, 6.07) is 8.97. The monoisotopic (exact) mass is 398 g/mol. The lowest BCUT2D eigenvalue weighted by molar-refractivity contribution is 0.102. The molecule has 0 aliphatic heterocycles. The molecule has 6 heteroatoms. The van der Waals surface area contributed by atoms with Gasteiger partial charge < -0.3 is 10.1 Å². The van der Waals surface area contributed by atoms with E-state index in [4.69, 9.17) is 4.74 Å². The van der Waals surface area contributed by atoms with Crippen molar-refractivity contribution in [2.24, 2.45) is 0 Å². The van der Waals surface area contributed by atoms with Gasteiger partial charge in [0.25, 0.3) is 5.91 Å². The summed E-state index contributed by atoms with van der Waals surface area (Å²) in [7, 11) is 1.52. The van der Waals surface area contributed by atoms with E-state index in [-0.39, 0.29) is 5.91 Å². The van der Waals surface area contributed by atoms with Gasteiger partial charge in [-0.05, 0) is 47.1 Å². The van der Waals surface area contributed by atoms with E-state index in [1.807, 2.05) is 25.1 Å². The third kappa shape index (κ3) is 3.37. The van der Waals surface area contributed by atoms with Crippen LogP contribution in [-0.4, -0.2) is 18.0 Å². The summed E-state index contributed by atoms with van der Waals surface area (Å²) in [5.41, 5.74) is 1.27. The molecule has 1 N–H and O–H groups in total. The number of ether oxygens (including phenoxy) is 1. The molecular formula is C14H12Br2N2O2. The molecule has 0 atom stereocenters. The average molecular weight is 400 g/mol. The number of carbonyl (C=O) groups excluding carboxylic acids is 1. The molecule has 1 amide bonds. The first-order chi connectivity index (χ1) is 9.51. The van der Waals surface area contributed by atoms with E-state index in [0.717, 1.165) is 10.2 Å². The van der Waals surface area contributed by atoms with Crippen LogP contribution >= 0.6 is 31.9 Å². The Bertz CT molecular complexity index is 660. The number of aromatic nitrogens is 1. The molecule has 1 aromatic heterocycles. The van der Waals surface area contributed by atoms with E-state index >= 15 is 0 Å². The number of hydrogen-bond donors (Lipinski definition) is 1. The van der Waals surface area contributed by atoms with Gasteiger partial charge >= 0.3 is 0 Å². The predicted molar refractivity (Wildman–Crippen MR) is 85.3 cm³/mol. The molecule has 20 heavy (non-hydrogen) atoms. The van der Waals surface area contributed by atoms with Crippen molar-refractivity contribution in [3.63, 3.8) is 0 Å². The Labute approximate surface area is 133 Å². The zero-order valence-corrected chi connectivity index (χ0v) is 14.1. The van der Waals surface area contributed by atoms with Crippen molar-refractivity contribution in [3.05, 3.63) is 50.5 Å². The third-order valence-electron chi connectivity index (χ3n) is 2.59. The lowest BCUT2D eigenvalue weighted by Crippen LogP contribution is -2.14. The number of carbonyl (C=O) groups is 1. The second-order valence-electron chi connectivity index (χ2n) is 4.09. The van der Waals surface area contributed by atoms with E-state index in [9.17, 15) is 4.79 Å². The van der Waals surface area contributed by atoms with Crippen molar-refractivity contribution in [2.45, 2.75) is 6.92 Å². The summed E-state index contributed by atoms with van der Waals surface area (Å²) >= 11 is 6.73. The summed E-state index contributed by atoms with van der Waals surface area (Å²) in [6.07, 6.45) is 0. The van der Waals surface area contributed by atoms with Crippen LogP contribution in [0.25, 0.3) is 0 Å². The highest BCUT2D eigenvalue weighted by Crippen LogP contribution is 2.33. The van der Waals surface area contributed by atoms with Gasteiger partial charge in [0, 0.05) is 10.2 Å². The normalized spacial score (nSPS) is 10.2. The molecule has 0 aliphatic rings. The lowest BCUT2D eigenvalue weighted by Gasteiger charge is -2.11. The van der Waals surface area contributed by atoms with Crippen LogP contribution in [0, 0.1) is 6.92 Å². The summed E-state index contributed by atoms with van der Waals surface area (Å²) in [4.78, 5) is 16.6. The second-order valence-corrected chi connectivity index (χ2v) is 5.86. The maximum atomic E-state index is 12.3. The van der Waals surface area contributed by atoms with Gasteiger partial charge in [0.2, 0.25) is 0 Å². The smallest absolute Gasteiger partial charge is 0.260 e. The molecule has 2 rings (SSSR count). The van der Waals surface area contributed by atoms with Crippen LogP contribution < -0.4 is 10.1 Å². The molecule has 0 bridgehead atoms. The van der Waals surface area contributed by atoms with Gasteiger partial charge in [0.15, 0.2) is 0 Å². The van der Waals surface area contributed by atoms with E-state index in [1.54, 1.807) is 12.1 Å². The third-order valence-corrected chi connectivity index (χ3v) is 3.63. The Balaban J connectivity index is 2.34. The van der Waals surface area contributed by atoms with Crippen LogP contribution in [0.15, 0.2) is 39.3 Å². The highest BCUT2D eigenvalue weighted by atomic mass is 79.9. The summed E-state index contributed by atoms with van der Waals surface area (Å²) < 4.78 is 6.75. The topological polar surface area (TPSA) is 51.2 Å². The predicted octanol–water partition coefficient (Wildman–Crippen LogP) is 4.18. The van der Waals surface area contributed by atoms with E-state index < -0.39 is 0 Å². The fourth-order valence-electron chi connectivity index (χ4n) is 1.73. The fraction of sp³-hybridized carbons (Fsp3) is 0.143. The zero-order chi connectivity index (χ0) is 14.7. The standard InChI is InChI=1S/C14H12Br2N2O2/c1-8-4-3-5-12(17-8)18-14(19)10-6-9(15)7-11(16)13(10)20-2/h3-7H,1-2H3,(H,17,18,19). The van der Waals surface area contributed by atoms with Gasteiger partial charge in [-0.25, -0.2) is 4.98 Å². The Morgan fingerprint density at radius 3 is 2.70 bits per heavy atom. The van der Waals surface area contributed by atoms with Crippen molar-refractivity contribution in [2.75, 3.05) is 12.4 Å². The minimum atomic E-state index is -0.276. The summed E-state index contributed by atoms with van der Waals surface area (Å²) in [6.45, 7) is 1.87. The first-order valence-corrected chi connectivity index (χ1v) is 7.38. The van der Waals surface area contributed by atoms with Crippen LogP contribution in [0.5, 0.6) is 5.75 Å². The summed E-state index contributed by atoms with van der Waals surface area (Å²) in [5, 5.41) is 2.76. The molecular weight excluding hydrogens is 388 g/mol. The molecule has 0 fully saturated rings. The number of pyridine rings is 1. The maximum Gasteiger partial charge on any atom is 0.260 e. The highest BCUT2D eigenvalue weighted by molar-refractivity contribution is 9.11. The lowest BCUT2D eigenvalue weighted by atomic mass is 10.2. The fourth-order valence-corrected chi connectivity index (χ4v) is 3.12. The molecule has 0 aliphatic carbocycles. The molecule has 0 spiro atoms. The molecule has 0 saturated carbocycles. The largest absolute Gasteiger partial charge is 0.495 e. The van der Waals surface area contributed by atoms with Crippen molar-refractivity contribution < 1.29 is 9.53 Å². The number of anilines is 1. The van der Waals surface area contributed by atoms with Gasteiger partial charge in [0.05, 0.1) is 17.1 Å². The number of nitrogens with one attached hydrogen (secondary N) is 1. The van der Waals surface area contributed by atoms with E-state index in [1.165, 1.54) is 7.11 Å². The first-order valence-electron chi connectivity index (χ1n) is 5.79. The minimum Gasteiger partial charge on any atom is -0.495 e. The van der Waals surface area contributed by atoms with Crippen molar-refractivity contribution >= 4 is 43.6 Å². The molecule has 1 heterocycles. The number of nitrogens with zero attached hydrogens (tertiary/aromatic N) is 1. The van der Waals surface area contributed by atoms with E-state index in [0.29, 0.717) is 21.6 Å². The average Bonchev–Trinajstić information content (AvgIpc) is 2.37. The Hall–Kier alpha value is -1.40. The van der Waals surface area contributed by atoms with Crippen LogP contribution in [0.1, 0.15) is 16.1 Å². The zero-order valence-electron chi connectivity index (χ0n) is 10.9. The quantitative estimate of drug-likeness (QED) is 0.842. The molecule has 1 aromatic carbocycles. The van der Waals surface area contributed by atoms with Crippen LogP contribution in [-0.2, 0) is 0 Å². The van der Waals surface area contributed by atoms with Crippen LogP contribution in [0.3, 0.4) is 0 Å². The van der Waals surface area contributed by atoms with Crippen molar-refractivity contribution in [3.8, 4) is 5.75 Å². The maximum absolute atomic E-state index is 12.3. The molecule has 0 saturated heterocycles. The number of hydrogen-bond acceptors (Lipinski definition) is 3.